The zero-order valence-corrected chi connectivity index (χ0v) is 45.3. The van der Waals surface area contributed by atoms with Crippen LogP contribution in [0.5, 0.6) is 0 Å². The second-order valence-electron chi connectivity index (χ2n) is 20.5. The SMILES string of the molecule is CCCCCCCCCCCCCCCC[NH+](CCCCCCCCCCCC)c1ccccc1C.Fc1c(F)c(F)c([B-](c2c(F)c(F)c(F)c(F)c2F)(c2c(F)c(F)c(F)c(F)c2F)c2c(F)c(F)c(F)c(F)c2F)c(F)c1F. The van der Waals surface area contributed by atoms with E-state index in [-0.39, 0.29) is 0 Å². The lowest BCUT2D eigenvalue weighted by atomic mass is 9.12. The van der Waals surface area contributed by atoms with Crippen molar-refractivity contribution in [2.24, 2.45) is 0 Å². The van der Waals surface area contributed by atoms with Crippen molar-refractivity contribution in [3.05, 3.63) is 146 Å². The molecule has 0 aliphatic heterocycles. The molecule has 0 heterocycles. The summed E-state index contributed by atoms with van der Waals surface area (Å²) in [6, 6.07) is 9.12. The van der Waals surface area contributed by atoms with Gasteiger partial charge in [0.15, 0.2) is 69.8 Å². The van der Waals surface area contributed by atoms with E-state index in [0.29, 0.717) is 0 Å². The molecule has 450 valence electrons. The summed E-state index contributed by atoms with van der Waals surface area (Å²) in [4.78, 5) is 1.74. The molecule has 1 N–H and O–H groups in total. The molecule has 0 aliphatic carbocycles. The minimum absolute atomic E-state index is 1.32. The Kier molecular flexibility index (Phi) is 27.4. The Morgan fingerprint density at radius 2 is 0.444 bits per heavy atom. The van der Waals surface area contributed by atoms with Crippen LogP contribution in [0.25, 0.3) is 0 Å². The summed E-state index contributed by atoms with van der Waals surface area (Å²) in [7, 11) is 0. The first kappa shape index (κ1) is 68.2. The quantitative estimate of drug-likeness (QED) is 0.0148. The number of hydrogen-bond acceptors (Lipinski definition) is 0. The molecule has 5 rings (SSSR count). The van der Waals surface area contributed by atoms with Crippen LogP contribution in [0.4, 0.5) is 93.5 Å². The Labute approximate surface area is 459 Å². The van der Waals surface area contributed by atoms with Crippen LogP contribution in [0.1, 0.15) is 174 Å². The lowest BCUT2D eigenvalue weighted by Crippen LogP contribution is -3.07. The molecule has 0 bridgehead atoms. The second-order valence-corrected chi connectivity index (χ2v) is 20.5. The Balaban J connectivity index is 0.000000358. The van der Waals surface area contributed by atoms with Crippen LogP contribution in [0, 0.1) is 123 Å². The molecule has 1 unspecified atom stereocenters. The van der Waals surface area contributed by atoms with Gasteiger partial charge in [0.1, 0.15) is 58.4 Å². The highest BCUT2D eigenvalue weighted by molar-refractivity contribution is 7.20. The average molecular weight is 1180 g/mol. The van der Waals surface area contributed by atoms with Gasteiger partial charge in [-0.2, -0.15) is 0 Å². The first-order chi connectivity index (χ1) is 38.5. The van der Waals surface area contributed by atoms with Crippen molar-refractivity contribution in [1.82, 2.24) is 0 Å². The number of benzene rings is 5. The molecule has 0 saturated carbocycles. The van der Waals surface area contributed by atoms with E-state index >= 15 is 35.1 Å². The van der Waals surface area contributed by atoms with Gasteiger partial charge in [0.25, 0.3) is 0 Å². The zero-order valence-electron chi connectivity index (χ0n) is 45.3. The first-order valence-corrected chi connectivity index (χ1v) is 27.6. The maximum Gasteiger partial charge on any atom is 0.200 e. The predicted octanol–water partition coefficient (Wildman–Crippen LogP) is 16.8. The third-order valence-corrected chi connectivity index (χ3v) is 14.9. The molecule has 0 radical (unpaired) electrons. The van der Waals surface area contributed by atoms with Gasteiger partial charge in [-0.25, -0.2) is 87.8 Å². The summed E-state index contributed by atoms with van der Waals surface area (Å²) in [6.07, 6.45) is 27.3. The van der Waals surface area contributed by atoms with Gasteiger partial charge in [0, 0.05) is 5.56 Å². The zero-order chi connectivity index (χ0) is 60.3. The fourth-order valence-corrected chi connectivity index (χ4v) is 10.6. The van der Waals surface area contributed by atoms with Crippen molar-refractivity contribution in [3.8, 4) is 0 Å². The molecular weight excluding hydrogens is 1110 g/mol. The number of para-hydroxylation sites is 1. The Bertz CT molecular complexity index is 2480. The smallest absolute Gasteiger partial charge is 0.200 e. The molecule has 0 fully saturated rings. The molecule has 0 spiro atoms. The molecule has 5 aromatic rings. The molecule has 0 aliphatic rings. The molecule has 1 nitrogen and oxygen atoms in total. The standard InChI is InChI=1S/C35H65N.C24BF20/c1-4-6-8-10-12-14-16-17-18-19-21-23-25-29-33-36(35-31-27-26-30-34(35)3)32-28-24-22-20-15-13-11-9-7-5-2;26-5-1(6(27)14(35)21(42)13(5)34)25(2-7(28)15(36)22(43)16(37)8(2)29,3-9(30)17(38)23(44)18(39)10(3)31)4-11(32)19(40)24(45)20(41)12(4)33/h26-27,30-31H,4-25,28-29,32-33H2,1-3H3;/q;-1/p+1. The van der Waals surface area contributed by atoms with Crippen molar-refractivity contribution in [2.75, 3.05) is 13.1 Å². The first-order valence-electron chi connectivity index (χ1n) is 27.6. The van der Waals surface area contributed by atoms with Gasteiger partial charge < -0.3 is 4.90 Å². The largest absolute Gasteiger partial charge is 0.302 e. The fraction of sp³-hybridized carbons (Fsp3) is 0.492. The van der Waals surface area contributed by atoms with E-state index in [2.05, 4.69) is 45.0 Å². The normalized spacial score (nSPS) is 12.1. The lowest BCUT2D eigenvalue weighted by Gasteiger charge is -2.44. The van der Waals surface area contributed by atoms with E-state index in [1.54, 1.807) is 10.6 Å². The minimum atomic E-state index is -7.22. The Hall–Kier alpha value is -5.28. The number of halogens is 20. The predicted molar refractivity (Wildman–Crippen MR) is 273 cm³/mol. The Morgan fingerprint density at radius 3 is 0.654 bits per heavy atom. The van der Waals surface area contributed by atoms with Crippen LogP contribution in [0.15, 0.2) is 24.3 Å². The third-order valence-electron chi connectivity index (χ3n) is 14.9. The van der Waals surface area contributed by atoms with Gasteiger partial charge in [-0.15, -0.1) is 21.9 Å². The van der Waals surface area contributed by atoms with Crippen LogP contribution in [0.3, 0.4) is 0 Å². The summed E-state index contributed by atoms with van der Waals surface area (Å²) in [5.41, 5.74) is -11.3. The van der Waals surface area contributed by atoms with Crippen molar-refractivity contribution in [3.63, 3.8) is 0 Å². The second kappa shape index (κ2) is 32.5. The van der Waals surface area contributed by atoms with Crippen LogP contribution in [0.2, 0.25) is 0 Å². The van der Waals surface area contributed by atoms with Crippen LogP contribution >= 0.6 is 0 Å². The van der Waals surface area contributed by atoms with E-state index in [9.17, 15) is 52.7 Å². The summed E-state index contributed by atoms with van der Waals surface area (Å²) in [5, 5.41) is 0. The molecule has 1 atom stereocenters. The maximum atomic E-state index is 15.4. The number of quaternary nitrogens is 1. The fourth-order valence-electron chi connectivity index (χ4n) is 10.6. The summed E-state index contributed by atoms with van der Waals surface area (Å²) in [6.45, 7) is 9.56. The van der Waals surface area contributed by atoms with Gasteiger partial charge in [-0.3, -0.25) is 0 Å². The van der Waals surface area contributed by atoms with Crippen molar-refractivity contribution in [1.29, 1.82) is 0 Å². The Morgan fingerprint density at radius 1 is 0.259 bits per heavy atom. The van der Waals surface area contributed by atoms with Gasteiger partial charge in [-0.05, 0) is 38.7 Å². The summed E-state index contributed by atoms with van der Waals surface area (Å²) < 4.78 is 294. The maximum absolute atomic E-state index is 15.4. The van der Waals surface area contributed by atoms with Gasteiger partial charge in [0.05, 0.1) is 13.1 Å². The number of hydrogen-bond donors (Lipinski definition) is 1. The van der Waals surface area contributed by atoms with E-state index in [1.807, 2.05) is 0 Å². The summed E-state index contributed by atoms with van der Waals surface area (Å²) >= 11 is 0. The molecule has 5 aromatic carbocycles. The monoisotopic (exact) mass is 1180 g/mol. The highest BCUT2D eigenvalue weighted by atomic mass is 19.2. The molecular formula is C59H66BF20N. The average Bonchev–Trinajstić information content (AvgIpc) is 3.58. The number of aryl methyl sites for hydroxylation is 1. The van der Waals surface area contributed by atoms with Crippen LogP contribution < -0.4 is 26.8 Å². The van der Waals surface area contributed by atoms with E-state index in [0.717, 1.165) is 0 Å². The van der Waals surface area contributed by atoms with Gasteiger partial charge in [-0.1, -0.05) is 160 Å². The van der Waals surface area contributed by atoms with E-state index < -0.39 is 144 Å². The van der Waals surface area contributed by atoms with Crippen LogP contribution in [-0.2, 0) is 0 Å². The van der Waals surface area contributed by atoms with Gasteiger partial charge >= 0.3 is 0 Å². The van der Waals surface area contributed by atoms with Crippen LogP contribution in [-0.4, -0.2) is 19.2 Å². The van der Waals surface area contributed by atoms with Crippen molar-refractivity contribution >= 4 is 33.7 Å². The molecule has 0 aromatic heterocycles. The number of unbranched alkanes of at least 4 members (excludes halogenated alkanes) is 22. The van der Waals surface area contributed by atoms with E-state index in [4.69, 9.17) is 0 Å². The highest BCUT2D eigenvalue weighted by Crippen LogP contribution is 2.31. The number of rotatable bonds is 31. The molecule has 0 amide bonds. The van der Waals surface area contributed by atoms with Crippen molar-refractivity contribution < 1.29 is 92.7 Å². The minimum Gasteiger partial charge on any atom is -0.302 e. The lowest BCUT2D eigenvalue weighted by molar-refractivity contribution is -0.833. The molecule has 22 heteroatoms. The van der Waals surface area contributed by atoms with Crippen molar-refractivity contribution in [2.45, 2.75) is 175 Å². The highest BCUT2D eigenvalue weighted by Gasteiger charge is 2.52. The van der Waals surface area contributed by atoms with Gasteiger partial charge in [0.2, 0.25) is 0 Å². The molecule has 0 saturated heterocycles. The number of nitrogens with one attached hydrogen (secondary N) is 1. The molecule has 81 heavy (non-hydrogen) atoms. The topological polar surface area (TPSA) is 4.44 Å². The van der Waals surface area contributed by atoms with E-state index in [1.165, 1.54) is 173 Å². The third kappa shape index (κ3) is 15.9. The summed E-state index contributed by atoms with van der Waals surface area (Å²) in [5.74, 6) is -71.4.